The molecule has 0 aliphatic carbocycles. The van der Waals surface area contributed by atoms with Gasteiger partial charge in [-0.05, 0) is 36.6 Å². The van der Waals surface area contributed by atoms with Crippen LogP contribution in [0.5, 0.6) is 0 Å². The molecule has 1 fully saturated rings. The van der Waals surface area contributed by atoms with Crippen LogP contribution in [0.1, 0.15) is 34.7 Å². The van der Waals surface area contributed by atoms with Gasteiger partial charge in [-0.2, -0.15) is 0 Å². The zero-order valence-corrected chi connectivity index (χ0v) is 16.2. The van der Waals surface area contributed by atoms with Crippen molar-refractivity contribution >= 4 is 23.4 Å². The molecule has 1 aliphatic heterocycles. The highest BCUT2D eigenvalue weighted by atomic mass is 35.5. The summed E-state index contributed by atoms with van der Waals surface area (Å²) in [6.45, 7) is 2.10. The van der Waals surface area contributed by atoms with Crippen molar-refractivity contribution < 1.29 is 14.3 Å². The van der Waals surface area contributed by atoms with Crippen LogP contribution < -0.4 is 0 Å². The Morgan fingerprint density at radius 2 is 1.81 bits per heavy atom. The molecule has 0 amide bonds. The maximum absolute atomic E-state index is 12.4. The predicted octanol–water partition coefficient (Wildman–Crippen LogP) is 4.19. The molecule has 0 bridgehead atoms. The number of hydrogen-bond donors (Lipinski definition) is 0. The number of Topliss-reactive ketones (excluding diaryl/α,β-unsaturated/α-hetero) is 1. The maximum atomic E-state index is 12.4. The van der Waals surface area contributed by atoms with Crippen LogP contribution in [0.3, 0.4) is 0 Å². The van der Waals surface area contributed by atoms with Crippen molar-refractivity contribution in [3.8, 4) is 0 Å². The van der Waals surface area contributed by atoms with E-state index in [-0.39, 0.29) is 23.6 Å². The van der Waals surface area contributed by atoms with Crippen molar-refractivity contribution in [2.45, 2.75) is 18.8 Å². The summed E-state index contributed by atoms with van der Waals surface area (Å²) in [5.41, 5.74) is 1.84. The third kappa shape index (κ3) is 4.96. The molecule has 1 aliphatic rings. The summed E-state index contributed by atoms with van der Waals surface area (Å²) in [6, 6.07) is 17.0. The Morgan fingerprint density at radius 1 is 1.11 bits per heavy atom. The fourth-order valence-corrected chi connectivity index (χ4v) is 3.88. The molecule has 1 heterocycles. The Hall–Kier alpha value is -2.17. The van der Waals surface area contributed by atoms with E-state index in [9.17, 15) is 9.59 Å². The number of hydrogen-bond acceptors (Lipinski definition) is 4. The number of piperidine rings is 1. The van der Waals surface area contributed by atoms with Crippen molar-refractivity contribution in [3.63, 3.8) is 0 Å². The van der Waals surface area contributed by atoms with Crippen molar-refractivity contribution in [3.05, 3.63) is 70.7 Å². The number of ether oxygens (including phenoxy) is 1. The number of ketones is 1. The van der Waals surface area contributed by atoms with Gasteiger partial charge in [0.15, 0.2) is 5.78 Å². The highest BCUT2D eigenvalue weighted by molar-refractivity contribution is 6.30. The topological polar surface area (TPSA) is 46.6 Å². The number of methoxy groups -OCH3 is 1. The molecule has 2 aromatic carbocycles. The number of benzene rings is 2. The van der Waals surface area contributed by atoms with Crippen LogP contribution in [0, 0.1) is 5.92 Å². The monoisotopic (exact) mass is 385 g/mol. The third-order valence-electron chi connectivity index (χ3n) is 5.25. The molecular weight excluding hydrogens is 362 g/mol. The minimum atomic E-state index is -0.239. The zero-order valence-electron chi connectivity index (χ0n) is 15.4. The molecule has 4 nitrogen and oxygen atoms in total. The lowest BCUT2D eigenvalue weighted by molar-refractivity contribution is -0.148. The Labute approximate surface area is 165 Å². The van der Waals surface area contributed by atoms with Crippen molar-refractivity contribution in [1.29, 1.82) is 0 Å². The van der Waals surface area contributed by atoms with E-state index in [1.54, 1.807) is 0 Å². The first-order chi connectivity index (χ1) is 13.1. The van der Waals surface area contributed by atoms with E-state index in [0.29, 0.717) is 24.5 Å². The van der Waals surface area contributed by atoms with Crippen molar-refractivity contribution in [2.24, 2.45) is 5.92 Å². The lowest BCUT2D eigenvalue weighted by Gasteiger charge is -2.37. The van der Waals surface area contributed by atoms with Gasteiger partial charge < -0.3 is 9.64 Å². The molecule has 142 valence electrons. The van der Waals surface area contributed by atoms with Crippen LogP contribution in [0.25, 0.3) is 0 Å². The van der Waals surface area contributed by atoms with Gasteiger partial charge in [0, 0.05) is 30.1 Å². The maximum Gasteiger partial charge on any atom is 0.310 e. The molecule has 2 aromatic rings. The normalized spacial score (nSPS) is 20.2. The number of likely N-dealkylation sites (tertiary alicyclic amines) is 1. The van der Waals surface area contributed by atoms with Crippen LogP contribution in [0.2, 0.25) is 5.02 Å². The molecule has 0 radical (unpaired) electrons. The van der Waals surface area contributed by atoms with E-state index in [0.717, 1.165) is 24.1 Å². The number of rotatable bonds is 6. The molecule has 2 atom stereocenters. The van der Waals surface area contributed by atoms with Crippen LogP contribution >= 0.6 is 11.6 Å². The highest BCUT2D eigenvalue weighted by Gasteiger charge is 2.36. The summed E-state index contributed by atoms with van der Waals surface area (Å²) in [4.78, 5) is 26.9. The number of esters is 1. The van der Waals surface area contributed by atoms with E-state index in [2.05, 4.69) is 4.90 Å². The summed E-state index contributed by atoms with van der Waals surface area (Å²) in [5, 5.41) is 0.685. The van der Waals surface area contributed by atoms with Gasteiger partial charge in [0.2, 0.25) is 0 Å². The Balaban J connectivity index is 1.64. The predicted molar refractivity (Wildman–Crippen MR) is 106 cm³/mol. The van der Waals surface area contributed by atoms with E-state index in [4.69, 9.17) is 16.3 Å². The number of carbonyl (C=O) groups excluding carboxylic acids is 2. The summed E-state index contributed by atoms with van der Waals surface area (Å²) in [6.07, 6.45) is 1.30. The van der Waals surface area contributed by atoms with Gasteiger partial charge in [0.05, 0.1) is 13.0 Å². The minimum Gasteiger partial charge on any atom is -0.469 e. The molecule has 0 N–H and O–H groups in total. The van der Waals surface area contributed by atoms with E-state index < -0.39 is 0 Å². The third-order valence-corrected chi connectivity index (χ3v) is 5.50. The summed E-state index contributed by atoms with van der Waals surface area (Å²) >= 11 is 5.99. The van der Waals surface area contributed by atoms with Crippen molar-refractivity contribution in [1.82, 2.24) is 4.90 Å². The molecule has 3 rings (SSSR count). The molecule has 5 heteroatoms. The second kappa shape index (κ2) is 9.16. The lowest BCUT2D eigenvalue weighted by Crippen LogP contribution is -2.44. The Kier molecular flexibility index (Phi) is 6.64. The van der Waals surface area contributed by atoms with Gasteiger partial charge in [-0.15, -0.1) is 0 Å². The van der Waals surface area contributed by atoms with E-state index in [1.165, 1.54) is 7.11 Å². The van der Waals surface area contributed by atoms with Crippen LogP contribution in [-0.2, 0) is 9.53 Å². The number of nitrogens with zero attached hydrogens (tertiary/aromatic N) is 1. The van der Waals surface area contributed by atoms with Gasteiger partial charge in [-0.25, -0.2) is 0 Å². The van der Waals surface area contributed by atoms with Gasteiger partial charge in [-0.1, -0.05) is 54.1 Å². The Morgan fingerprint density at radius 3 is 2.48 bits per heavy atom. The van der Waals surface area contributed by atoms with E-state index >= 15 is 0 Å². The first-order valence-electron chi connectivity index (χ1n) is 9.22. The standard InChI is InChI=1S/C22H24ClNO3/c1-27-22(26)20-15-24(14-12-21(25)17-5-3-2-4-6-17)13-11-19(20)16-7-9-18(23)10-8-16/h2-10,19-20H,11-15H2,1H3. The quantitative estimate of drug-likeness (QED) is 0.552. The Bertz CT molecular complexity index is 776. The second-order valence-corrected chi connectivity index (χ2v) is 7.35. The minimum absolute atomic E-state index is 0.107. The van der Waals surface area contributed by atoms with Gasteiger partial charge >= 0.3 is 5.97 Å². The molecule has 0 aromatic heterocycles. The average Bonchev–Trinajstić information content (AvgIpc) is 2.72. The van der Waals surface area contributed by atoms with Crippen LogP contribution in [-0.4, -0.2) is 43.4 Å². The van der Waals surface area contributed by atoms with Gasteiger partial charge in [-0.3, -0.25) is 9.59 Å². The molecule has 1 saturated heterocycles. The van der Waals surface area contributed by atoms with Gasteiger partial charge in [0.25, 0.3) is 0 Å². The first-order valence-corrected chi connectivity index (χ1v) is 9.60. The fourth-order valence-electron chi connectivity index (χ4n) is 3.75. The zero-order chi connectivity index (χ0) is 19.2. The summed E-state index contributed by atoms with van der Waals surface area (Å²) < 4.78 is 5.05. The van der Waals surface area contributed by atoms with Crippen LogP contribution in [0.15, 0.2) is 54.6 Å². The summed E-state index contributed by atoms with van der Waals surface area (Å²) in [5.74, 6) is -0.202. The van der Waals surface area contributed by atoms with E-state index in [1.807, 2.05) is 54.6 Å². The fraction of sp³-hybridized carbons (Fsp3) is 0.364. The number of halogens is 1. The smallest absolute Gasteiger partial charge is 0.310 e. The molecule has 2 unspecified atom stereocenters. The first kappa shape index (κ1) is 19.6. The lowest BCUT2D eigenvalue weighted by atomic mass is 9.80. The molecule has 0 spiro atoms. The molecule has 27 heavy (non-hydrogen) atoms. The molecular formula is C22H24ClNO3. The highest BCUT2D eigenvalue weighted by Crippen LogP contribution is 2.34. The SMILES string of the molecule is COC(=O)C1CN(CCC(=O)c2ccccc2)CCC1c1ccc(Cl)cc1. The molecule has 0 saturated carbocycles. The summed E-state index contributed by atoms with van der Waals surface area (Å²) in [7, 11) is 1.43. The van der Waals surface area contributed by atoms with Gasteiger partial charge in [0.1, 0.15) is 0 Å². The number of carbonyl (C=O) groups is 2. The average molecular weight is 386 g/mol. The largest absolute Gasteiger partial charge is 0.469 e. The van der Waals surface area contributed by atoms with Crippen molar-refractivity contribution in [2.75, 3.05) is 26.7 Å². The van der Waals surface area contributed by atoms with Crippen LogP contribution in [0.4, 0.5) is 0 Å². The second-order valence-electron chi connectivity index (χ2n) is 6.92.